The van der Waals surface area contributed by atoms with E-state index in [1.807, 2.05) is 37.3 Å². The van der Waals surface area contributed by atoms with Crippen LogP contribution in [0.4, 0.5) is 0 Å². The quantitative estimate of drug-likeness (QED) is 0.555. The van der Waals surface area contributed by atoms with Crippen molar-refractivity contribution in [2.75, 3.05) is 0 Å². The van der Waals surface area contributed by atoms with E-state index in [4.69, 9.17) is 11.6 Å². The number of amides is 1. The van der Waals surface area contributed by atoms with Crippen LogP contribution >= 0.6 is 11.6 Å². The molecular formula is C19H25ClN6O. The van der Waals surface area contributed by atoms with Crippen molar-refractivity contribution in [1.29, 1.82) is 0 Å². The van der Waals surface area contributed by atoms with Gasteiger partial charge in [0.25, 0.3) is 5.91 Å². The Morgan fingerprint density at radius 1 is 1.33 bits per heavy atom. The van der Waals surface area contributed by atoms with Gasteiger partial charge >= 0.3 is 0 Å². The number of para-hydroxylation sites is 1. The van der Waals surface area contributed by atoms with Crippen LogP contribution in [-0.2, 0) is 4.79 Å². The van der Waals surface area contributed by atoms with Crippen LogP contribution < -0.4 is 16.3 Å². The molecule has 3 N–H and O–H groups in total. The molecule has 1 aliphatic rings. The van der Waals surface area contributed by atoms with Crippen LogP contribution in [0.2, 0.25) is 5.15 Å². The van der Waals surface area contributed by atoms with Crippen LogP contribution in [0.5, 0.6) is 0 Å². The zero-order valence-electron chi connectivity index (χ0n) is 16.0. The van der Waals surface area contributed by atoms with Crippen LogP contribution in [-0.4, -0.2) is 34.0 Å². The van der Waals surface area contributed by atoms with Crippen molar-refractivity contribution in [3.63, 3.8) is 0 Å². The summed E-state index contributed by atoms with van der Waals surface area (Å²) < 4.78 is 1.65. The Balaban J connectivity index is 1.65. The molecule has 1 saturated heterocycles. The van der Waals surface area contributed by atoms with E-state index < -0.39 is 0 Å². The molecule has 2 heterocycles. The lowest BCUT2D eigenvalue weighted by Crippen LogP contribution is -2.43. The van der Waals surface area contributed by atoms with Crippen LogP contribution in [0.3, 0.4) is 0 Å². The molecule has 1 aromatic heterocycles. The molecule has 7 nitrogen and oxygen atoms in total. The predicted molar refractivity (Wildman–Crippen MR) is 107 cm³/mol. The van der Waals surface area contributed by atoms with Crippen molar-refractivity contribution in [3.8, 4) is 5.69 Å². The molecule has 1 aromatic carbocycles. The molecule has 27 heavy (non-hydrogen) atoms. The minimum absolute atomic E-state index is 0.0714. The Bertz CT molecular complexity index is 840. The summed E-state index contributed by atoms with van der Waals surface area (Å²) in [5, 5.41) is 8.97. The van der Waals surface area contributed by atoms with Gasteiger partial charge in [0.1, 0.15) is 11.2 Å². The number of rotatable bonds is 4. The summed E-state index contributed by atoms with van der Waals surface area (Å²) in [5.41, 5.74) is 11.1. The third-order valence-corrected chi connectivity index (χ3v) is 5.05. The van der Waals surface area contributed by atoms with Crippen molar-refractivity contribution in [3.05, 3.63) is 46.7 Å². The van der Waals surface area contributed by atoms with Gasteiger partial charge in [0.15, 0.2) is 0 Å². The molecule has 0 saturated carbocycles. The minimum atomic E-state index is -0.324. The molecule has 2 atom stereocenters. The smallest absolute Gasteiger partial charge is 0.258 e. The van der Waals surface area contributed by atoms with E-state index in [0.717, 1.165) is 11.4 Å². The number of aromatic nitrogens is 2. The van der Waals surface area contributed by atoms with Crippen LogP contribution in [0, 0.1) is 12.3 Å². The number of benzene rings is 1. The lowest BCUT2D eigenvalue weighted by Gasteiger charge is -2.25. The summed E-state index contributed by atoms with van der Waals surface area (Å²) in [6.45, 7) is 8.27. The molecule has 1 fully saturated rings. The van der Waals surface area contributed by atoms with Gasteiger partial charge in [-0.25, -0.2) is 15.5 Å². The van der Waals surface area contributed by atoms with Gasteiger partial charge in [-0.2, -0.15) is 10.2 Å². The van der Waals surface area contributed by atoms with Gasteiger partial charge in [0.2, 0.25) is 0 Å². The van der Waals surface area contributed by atoms with Crippen molar-refractivity contribution in [2.24, 2.45) is 10.5 Å². The van der Waals surface area contributed by atoms with E-state index in [1.165, 1.54) is 6.21 Å². The standard InChI is InChI=1S/C19H25ClN6O/c1-12-14(17(20)26(25-12)13-8-6-5-7-9-13)11-21-24-18(27)15-10-16(23-22-15)19(2,3)4/h5-9,11,15-16,22-23H,10H2,1-4H3,(H,24,27)/b21-11+. The van der Waals surface area contributed by atoms with Crippen molar-refractivity contribution >= 4 is 23.7 Å². The molecule has 0 radical (unpaired) electrons. The Hall–Kier alpha value is -2.22. The largest absolute Gasteiger partial charge is 0.271 e. The molecule has 2 unspecified atom stereocenters. The first-order chi connectivity index (χ1) is 12.8. The average molecular weight is 389 g/mol. The van der Waals surface area contributed by atoms with Crippen molar-refractivity contribution in [2.45, 2.75) is 46.2 Å². The number of hydrazine groups is 1. The van der Waals surface area contributed by atoms with Gasteiger partial charge < -0.3 is 0 Å². The SMILES string of the molecule is Cc1nn(-c2ccccc2)c(Cl)c1/C=N/NC(=O)C1CC(C(C)(C)C)NN1. The summed E-state index contributed by atoms with van der Waals surface area (Å²) in [5.74, 6) is -0.185. The molecular weight excluding hydrogens is 364 g/mol. The molecule has 0 aliphatic carbocycles. The highest BCUT2D eigenvalue weighted by Crippen LogP contribution is 2.25. The lowest BCUT2D eigenvalue weighted by molar-refractivity contribution is -0.122. The maximum absolute atomic E-state index is 12.3. The van der Waals surface area contributed by atoms with Crippen molar-refractivity contribution in [1.82, 2.24) is 26.1 Å². The second-order valence-electron chi connectivity index (χ2n) is 7.77. The molecule has 1 aliphatic heterocycles. The molecule has 1 amide bonds. The van der Waals surface area contributed by atoms with Crippen LogP contribution in [0.1, 0.15) is 38.4 Å². The van der Waals surface area contributed by atoms with Crippen LogP contribution in [0.25, 0.3) is 5.69 Å². The number of hydrazone groups is 1. The first-order valence-electron chi connectivity index (χ1n) is 8.92. The lowest BCUT2D eigenvalue weighted by atomic mass is 9.84. The number of aryl methyl sites for hydroxylation is 1. The zero-order chi connectivity index (χ0) is 19.6. The second-order valence-corrected chi connectivity index (χ2v) is 8.13. The topological polar surface area (TPSA) is 83.3 Å². The summed E-state index contributed by atoms with van der Waals surface area (Å²) >= 11 is 6.45. The molecule has 2 aromatic rings. The van der Waals surface area contributed by atoms with E-state index in [1.54, 1.807) is 4.68 Å². The predicted octanol–water partition coefficient (Wildman–Crippen LogP) is 2.57. The Morgan fingerprint density at radius 3 is 2.67 bits per heavy atom. The minimum Gasteiger partial charge on any atom is -0.271 e. The van der Waals surface area contributed by atoms with E-state index in [-0.39, 0.29) is 23.4 Å². The zero-order valence-corrected chi connectivity index (χ0v) is 16.7. The van der Waals surface area contributed by atoms with E-state index in [0.29, 0.717) is 17.1 Å². The van der Waals surface area contributed by atoms with Crippen molar-refractivity contribution < 1.29 is 4.79 Å². The number of carbonyl (C=O) groups excluding carboxylic acids is 1. The number of hydrogen-bond donors (Lipinski definition) is 3. The Kier molecular flexibility index (Phi) is 5.64. The highest BCUT2D eigenvalue weighted by Gasteiger charge is 2.35. The van der Waals surface area contributed by atoms with Gasteiger partial charge in [-0.05, 0) is 30.9 Å². The van der Waals surface area contributed by atoms with E-state index in [9.17, 15) is 4.79 Å². The van der Waals surface area contributed by atoms with Gasteiger partial charge in [0.05, 0.1) is 23.2 Å². The van der Waals surface area contributed by atoms with E-state index >= 15 is 0 Å². The maximum Gasteiger partial charge on any atom is 0.258 e. The first kappa shape index (κ1) is 19.5. The number of nitrogens with zero attached hydrogens (tertiary/aromatic N) is 3. The second kappa shape index (κ2) is 7.80. The number of hydrogen-bond acceptors (Lipinski definition) is 5. The van der Waals surface area contributed by atoms with E-state index in [2.05, 4.69) is 47.2 Å². The van der Waals surface area contributed by atoms with Gasteiger partial charge in [-0.15, -0.1) is 0 Å². The highest BCUT2D eigenvalue weighted by atomic mass is 35.5. The molecule has 3 rings (SSSR count). The summed E-state index contributed by atoms with van der Waals surface area (Å²) in [4.78, 5) is 12.3. The molecule has 0 bridgehead atoms. The van der Waals surface area contributed by atoms with Crippen LogP contribution in [0.15, 0.2) is 35.4 Å². The monoisotopic (exact) mass is 388 g/mol. The highest BCUT2D eigenvalue weighted by molar-refractivity contribution is 6.32. The number of carbonyl (C=O) groups is 1. The fraction of sp³-hybridized carbons (Fsp3) is 0.421. The van der Waals surface area contributed by atoms with Gasteiger partial charge in [0, 0.05) is 6.04 Å². The molecule has 8 heteroatoms. The number of halogens is 1. The summed E-state index contributed by atoms with van der Waals surface area (Å²) in [7, 11) is 0. The summed E-state index contributed by atoms with van der Waals surface area (Å²) in [6.07, 6.45) is 2.24. The van der Waals surface area contributed by atoms with Gasteiger partial charge in [-0.3, -0.25) is 10.2 Å². The fourth-order valence-corrected chi connectivity index (χ4v) is 3.25. The summed E-state index contributed by atoms with van der Waals surface area (Å²) in [6, 6.07) is 9.51. The third-order valence-electron chi connectivity index (χ3n) is 4.68. The third kappa shape index (κ3) is 4.37. The molecule has 0 spiro atoms. The fourth-order valence-electron chi connectivity index (χ4n) is 2.93. The number of nitrogens with one attached hydrogen (secondary N) is 3. The molecule has 144 valence electrons. The Labute approximate surface area is 164 Å². The average Bonchev–Trinajstić information content (AvgIpc) is 3.23. The normalized spacial score (nSPS) is 20.3. The maximum atomic E-state index is 12.3. The first-order valence-corrected chi connectivity index (χ1v) is 9.29. The Morgan fingerprint density at radius 2 is 2.04 bits per heavy atom. The van der Waals surface area contributed by atoms with Gasteiger partial charge in [-0.1, -0.05) is 50.6 Å².